The molecule has 0 amide bonds. The maximum atomic E-state index is 10.0. The van der Waals surface area contributed by atoms with Crippen LogP contribution in [0, 0.1) is 0 Å². The second kappa shape index (κ2) is 6.81. The Morgan fingerprint density at radius 3 is 2.18 bits per heavy atom. The molecule has 0 aliphatic heterocycles. The van der Waals surface area contributed by atoms with Crippen LogP contribution in [-0.4, -0.2) is 11.7 Å². The molecule has 3 aromatic carbocycles. The molecular weight excluding hydrogens is 272 g/mol. The average Bonchev–Trinajstić information content (AvgIpc) is 2.58. The summed E-state index contributed by atoms with van der Waals surface area (Å²) in [5, 5.41) is 10.0. The zero-order valence-corrected chi connectivity index (χ0v) is 12.3. The lowest BCUT2D eigenvalue weighted by atomic mass is 10.0. The van der Waals surface area contributed by atoms with Crippen molar-refractivity contribution >= 4 is 0 Å². The Hall–Kier alpha value is -2.74. The van der Waals surface area contributed by atoms with Gasteiger partial charge in [0.2, 0.25) is 0 Å². The van der Waals surface area contributed by atoms with Gasteiger partial charge in [-0.1, -0.05) is 60.7 Å². The lowest BCUT2D eigenvalue weighted by Crippen LogP contribution is -2.01. The molecule has 0 aromatic heterocycles. The summed E-state index contributed by atoms with van der Waals surface area (Å²) in [6.07, 6.45) is 0.863. The normalized spacial score (nSPS) is 10.4. The van der Waals surface area contributed by atoms with E-state index in [1.54, 1.807) is 12.1 Å². The minimum absolute atomic E-state index is 0.265. The summed E-state index contributed by atoms with van der Waals surface area (Å²) in [6.45, 7) is 0.614. The maximum absolute atomic E-state index is 10.0. The van der Waals surface area contributed by atoms with Crippen molar-refractivity contribution in [3.05, 3.63) is 84.4 Å². The first-order valence-corrected chi connectivity index (χ1v) is 7.38. The van der Waals surface area contributed by atoms with E-state index >= 15 is 0 Å². The highest BCUT2D eigenvalue weighted by Crippen LogP contribution is 2.32. The molecule has 0 unspecified atom stereocenters. The van der Waals surface area contributed by atoms with Crippen LogP contribution in [0.1, 0.15) is 5.56 Å². The molecule has 0 aliphatic carbocycles. The van der Waals surface area contributed by atoms with E-state index in [9.17, 15) is 5.11 Å². The van der Waals surface area contributed by atoms with E-state index in [4.69, 9.17) is 4.74 Å². The third-order valence-corrected chi connectivity index (χ3v) is 3.56. The number of aromatic hydroxyl groups is 1. The fraction of sp³-hybridized carbons (Fsp3) is 0.100. The SMILES string of the molecule is Oc1ccc(OCCc2ccccc2)cc1-c1ccccc1. The first kappa shape index (κ1) is 14.2. The molecule has 0 fully saturated rings. The van der Waals surface area contributed by atoms with Gasteiger partial charge in [-0.15, -0.1) is 0 Å². The largest absolute Gasteiger partial charge is 0.507 e. The third kappa shape index (κ3) is 3.47. The van der Waals surface area contributed by atoms with Crippen LogP contribution in [0.15, 0.2) is 78.9 Å². The van der Waals surface area contributed by atoms with Gasteiger partial charge in [0.05, 0.1) is 6.61 Å². The van der Waals surface area contributed by atoms with Gasteiger partial charge in [0.15, 0.2) is 0 Å². The van der Waals surface area contributed by atoms with E-state index in [0.29, 0.717) is 6.61 Å². The van der Waals surface area contributed by atoms with Crippen LogP contribution in [0.2, 0.25) is 0 Å². The fourth-order valence-electron chi connectivity index (χ4n) is 2.39. The van der Waals surface area contributed by atoms with Gasteiger partial charge in [-0.25, -0.2) is 0 Å². The number of hydrogen-bond donors (Lipinski definition) is 1. The van der Waals surface area contributed by atoms with Crippen LogP contribution in [0.4, 0.5) is 0 Å². The minimum Gasteiger partial charge on any atom is -0.507 e. The van der Waals surface area contributed by atoms with Crippen LogP contribution in [0.3, 0.4) is 0 Å². The van der Waals surface area contributed by atoms with Crippen molar-refractivity contribution in [1.82, 2.24) is 0 Å². The highest BCUT2D eigenvalue weighted by molar-refractivity contribution is 5.71. The van der Waals surface area contributed by atoms with Gasteiger partial charge < -0.3 is 9.84 Å². The molecule has 3 rings (SSSR count). The summed E-state index contributed by atoms with van der Waals surface area (Å²) < 4.78 is 5.82. The standard InChI is InChI=1S/C20H18O2/c21-20-12-11-18(15-19(20)17-9-5-2-6-10-17)22-14-13-16-7-3-1-4-8-16/h1-12,15,21H,13-14H2. The molecule has 3 aromatic rings. The van der Waals surface area contributed by atoms with Gasteiger partial charge in [0.1, 0.15) is 11.5 Å². The molecule has 110 valence electrons. The van der Waals surface area contributed by atoms with Crippen molar-refractivity contribution in [2.45, 2.75) is 6.42 Å². The first-order chi connectivity index (χ1) is 10.8. The number of phenols is 1. The predicted octanol–water partition coefficient (Wildman–Crippen LogP) is 4.68. The van der Waals surface area contributed by atoms with Crippen molar-refractivity contribution in [3.8, 4) is 22.6 Å². The van der Waals surface area contributed by atoms with Crippen LogP contribution in [0.5, 0.6) is 11.5 Å². The highest BCUT2D eigenvalue weighted by atomic mass is 16.5. The summed E-state index contributed by atoms with van der Waals surface area (Å²) in [4.78, 5) is 0. The van der Waals surface area contributed by atoms with Crippen molar-refractivity contribution < 1.29 is 9.84 Å². The molecular formula is C20H18O2. The van der Waals surface area contributed by atoms with Crippen LogP contribution in [-0.2, 0) is 6.42 Å². The van der Waals surface area contributed by atoms with E-state index < -0.39 is 0 Å². The van der Waals surface area contributed by atoms with E-state index in [0.717, 1.165) is 23.3 Å². The molecule has 0 bridgehead atoms. The summed E-state index contributed by atoms with van der Waals surface area (Å²) in [5.41, 5.74) is 3.02. The van der Waals surface area contributed by atoms with Crippen molar-refractivity contribution in [3.63, 3.8) is 0 Å². The van der Waals surface area contributed by atoms with Gasteiger partial charge in [0, 0.05) is 12.0 Å². The molecule has 0 saturated carbocycles. The Labute approximate surface area is 130 Å². The predicted molar refractivity (Wildman–Crippen MR) is 89.2 cm³/mol. The van der Waals surface area contributed by atoms with Crippen LogP contribution >= 0.6 is 0 Å². The molecule has 2 nitrogen and oxygen atoms in total. The van der Waals surface area contributed by atoms with Gasteiger partial charge in [-0.2, -0.15) is 0 Å². The number of rotatable bonds is 5. The molecule has 2 heteroatoms. The van der Waals surface area contributed by atoms with Gasteiger partial charge in [-0.3, -0.25) is 0 Å². The third-order valence-electron chi connectivity index (χ3n) is 3.56. The second-order valence-corrected chi connectivity index (χ2v) is 5.13. The maximum Gasteiger partial charge on any atom is 0.123 e. The summed E-state index contributed by atoms with van der Waals surface area (Å²) in [5.74, 6) is 1.04. The number of hydrogen-bond acceptors (Lipinski definition) is 2. The fourth-order valence-corrected chi connectivity index (χ4v) is 2.39. The quantitative estimate of drug-likeness (QED) is 0.739. The molecule has 0 atom stereocenters. The van der Waals surface area contributed by atoms with Crippen molar-refractivity contribution in [2.75, 3.05) is 6.61 Å². The minimum atomic E-state index is 0.265. The van der Waals surface area contributed by atoms with E-state index in [2.05, 4.69) is 12.1 Å². The van der Waals surface area contributed by atoms with E-state index in [1.807, 2.05) is 54.6 Å². The molecule has 22 heavy (non-hydrogen) atoms. The molecule has 0 saturated heterocycles. The molecule has 0 spiro atoms. The van der Waals surface area contributed by atoms with Crippen molar-refractivity contribution in [2.24, 2.45) is 0 Å². The Bertz CT molecular complexity index is 721. The van der Waals surface area contributed by atoms with E-state index in [1.165, 1.54) is 5.56 Å². The van der Waals surface area contributed by atoms with E-state index in [-0.39, 0.29) is 5.75 Å². The molecule has 1 N–H and O–H groups in total. The zero-order chi connectivity index (χ0) is 15.2. The Morgan fingerprint density at radius 1 is 0.773 bits per heavy atom. The Kier molecular flexibility index (Phi) is 4.40. The zero-order valence-electron chi connectivity index (χ0n) is 12.3. The average molecular weight is 290 g/mol. The van der Waals surface area contributed by atoms with Gasteiger partial charge >= 0.3 is 0 Å². The summed E-state index contributed by atoms with van der Waals surface area (Å²) in [6, 6.07) is 25.4. The lowest BCUT2D eigenvalue weighted by molar-refractivity contribution is 0.321. The smallest absolute Gasteiger partial charge is 0.123 e. The Morgan fingerprint density at radius 2 is 1.45 bits per heavy atom. The summed E-state index contributed by atoms with van der Waals surface area (Å²) >= 11 is 0. The first-order valence-electron chi connectivity index (χ1n) is 7.38. The molecule has 0 heterocycles. The van der Waals surface area contributed by atoms with Crippen molar-refractivity contribution in [1.29, 1.82) is 0 Å². The molecule has 0 radical (unpaired) electrons. The second-order valence-electron chi connectivity index (χ2n) is 5.13. The monoisotopic (exact) mass is 290 g/mol. The summed E-state index contributed by atoms with van der Waals surface area (Å²) in [7, 11) is 0. The topological polar surface area (TPSA) is 29.5 Å². The molecule has 0 aliphatic rings. The van der Waals surface area contributed by atoms with Crippen LogP contribution < -0.4 is 4.74 Å². The highest BCUT2D eigenvalue weighted by Gasteiger charge is 2.06. The van der Waals surface area contributed by atoms with Crippen LogP contribution in [0.25, 0.3) is 11.1 Å². The van der Waals surface area contributed by atoms with Gasteiger partial charge in [-0.05, 0) is 29.3 Å². The van der Waals surface area contributed by atoms with Gasteiger partial charge in [0.25, 0.3) is 0 Å². The Balaban J connectivity index is 1.70. The number of benzene rings is 3. The lowest BCUT2D eigenvalue weighted by Gasteiger charge is -2.10. The number of ether oxygens (including phenoxy) is 1. The number of phenolic OH excluding ortho intramolecular Hbond substituents is 1.